The van der Waals surface area contributed by atoms with Crippen molar-refractivity contribution in [1.82, 2.24) is 0 Å². The Labute approximate surface area is 111 Å². The first kappa shape index (κ1) is 12.9. The van der Waals surface area contributed by atoms with Gasteiger partial charge in [-0.15, -0.1) is 0 Å². The summed E-state index contributed by atoms with van der Waals surface area (Å²) in [5, 5.41) is 10.4. The monoisotopic (exact) mass is 298 g/mol. The van der Waals surface area contributed by atoms with Gasteiger partial charge in [-0.2, -0.15) is 0 Å². The van der Waals surface area contributed by atoms with E-state index in [1.807, 2.05) is 25.1 Å². The number of hydrogen-bond acceptors (Lipinski definition) is 2. The normalized spacial score (nSPS) is 18.8. The van der Waals surface area contributed by atoms with Crippen molar-refractivity contribution in [1.29, 1.82) is 0 Å². The van der Waals surface area contributed by atoms with Crippen LogP contribution in [0.25, 0.3) is 0 Å². The Morgan fingerprint density at radius 3 is 2.76 bits per heavy atom. The van der Waals surface area contributed by atoms with Crippen LogP contribution < -0.4 is 4.74 Å². The fourth-order valence-electron chi connectivity index (χ4n) is 2.20. The van der Waals surface area contributed by atoms with Gasteiger partial charge >= 0.3 is 0 Å². The Morgan fingerprint density at radius 2 is 2.18 bits per heavy atom. The maximum Gasteiger partial charge on any atom is 0.125 e. The van der Waals surface area contributed by atoms with Crippen molar-refractivity contribution < 1.29 is 9.84 Å². The molecule has 1 aromatic carbocycles. The standard InChI is InChI=1S/C14H19BrO2/c1-3-17-13-7-6-11(15)8-12(13)14(16)9(2)10-4-5-10/h6-10,14,16H,3-5H2,1-2H3. The first-order chi connectivity index (χ1) is 8.13. The molecule has 1 aromatic rings. The Morgan fingerprint density at radius 1 is 1.47 bits per heavy atom. The van der Waals surface area contributed by atoms with Crippen LogP contribution >= 0.6 is 15.9 Å². The van der Waals surface area contributed by atoms with E-state index in [0.29, 0.717) is 18.4 Å². The second-order valence-corrected chi connectivity index (χ2v) is 5.67. The molecule has 0 saturated heterocycles. The largest absolute Gasteiger partial charge is 0.493 e. The SMILES string of the molecule is CCOc1ccc(Br)cc1C(O)C(C)C1CC1. The molecule has 3 heteroatoms. The van der Waals surface area contributed by atoms with Crippen LogP contribution in [0.2, 0.25) is 0 Å². The predicted octanol–water partition coefficient (Wildman–Crippen LogP) is 3.93. The zero-order chi connectivity index (χ0) is 12.4. The average Bonchev–Trinajstić information content (AvgIpc) is 3.14. The summed E-state index contributed by atoms with van der Waals surface area (Å²) >= 11 is 3.45. The van der Waals surface area contributed by atoms with Gasteiger partial charge in [0.1, 0.15) is 5.75 Å². The lowest BCUT2D eigenvalue weighted by Crippen LogP contribution is -2.12. The summed E-state index contributed by atoms with van der Waals surface area (Å²) < 4.78 is 6.57. The predicted molar refractivity (Wildman–Crippen MR) is 72.2 cm³/mol. The minimum Gasteiger partial charge on any atom is -0.493 e. The highest BCUT2D eigenvalue weighted by Gasteiger charge is 2.34. The van der Waals surface area contributed by atoms with E-state index in [1.165, 1.54) is 12.8 Å². The van der Waals surface area contributed by atoms with Crippen molar-refractivity contribution in [2.45, 2.75) is 32.8 Å². The average molecular weight is 299 g/mol. The summed E-state index contributed by atoms with van der Waals surface area (Å²) in [5.74, 6) is 1.79. The summed E-state index contributed by atoms with van der Waals surface area (Å²) in [6, 6.07) is 5.84. The van der Waals surface area contributed by atoms with E-state index in [1.54, 1.807) is 0 Å². The number of ether oxygens (including phenoxy) is 1. The van der Waals surface area contributed by atoms with Gasteiger partial charge < -0.3 is 9.84 Å². The molecule has 2 unspecified atom stereocenters. The molecule has 2 atom stereocenters. The molecule has 1 N–H and O–H groups in total. The van der Waals surface area contributed by atoms with Gasteiger partial charge in [-0.25, -0.2) is 0 Å². The third-order valence-corrected chi connectivity index (χ3v) is 3.95. The fraction of sp³-hybridized carbons (Fsp3) is 0.571. The van der Waals surface area contributed by atoms with Crippen LogP contribution in [0, 0.1) is 11.8 Å². The van der Waals surface area contributed by atoms with Crippen molar-refractivity contribution in [2.24, 2.45) is 11.8 Å². The smallest absolute Gasteiger partial charge is 0.125 e. The maximum atomic E-state index is 10.4. The van der Waals surface area contributed by atoms with Crippen molar-refractivity contribution in [3.05, 3.63) is 28.2 Å². The molecule has 2 nitrogen and oxygen atoms in total. The third kappa shape index (κ3) is 3.02. The van der Waals surface area contributed by atoms with Gasteiger partial charge in [0.05, 0.1) is 12.7 Å². The summed E-state index contributed by atoms with van der Waals surface area (Å²) in [6.07, 6.45) is 2.06. The molecule has 0 bridgehead atoms. The summed E-state index contributed by atoms with van der Waals surface area (Å²) in [6.45, 7) is 4.71. The highest BCUT2D eigenvalue weighted by molar-refractivity contribution is 9.10. The number of aliphatic hydroxyl groups is 1. The molecular formula is C14H19BrO2. The lowest BCUT2D eigenvalue weighted by Gasteiger charge is -2.21. The highest BCUT2D eigenvalue weighted by Crippen LogP contribution is 2.44. The van der Waals surface area contributed by atoms with Crippen LogP contribution in [0.5, 0.6) is 5.75 Å². The molecule has 1 saturated carbocycles. The molecule has 0 heterocycles. The Balaban J connectivity index is 2.24. The first-order valence-electron chi connectivity index (χ1n) is 6.23. The Bertz CT molecular complexity index is 388. The molecule has 17 heavy (non-hydrogen) atoms. The summed E-state index contributed by atoms with van der Waals surface area (Å²) in [4.78, 5) is 0. The van der Waals surface area contributed by atoms with Gasteiger partial charge in [0, 0.05) is 10.0 Å². The maximum absolute atomic E-state index is 10.4. The molecule has 94 valence electrons. The van der Waals surface area contributed by atoms with E-state index >= 15 is 0 Å². The van der Waals surface area contributed by atoms with Crippen molar-refractivity contribution in [3.63, 3.8) is 0 Å². The quantitative estimate of drug-likeness (QED) is 0.892. The molecule has 0 aromatic heterocycles. The first-order valence-corrected chi connectivity index (χ1v) is 7.03. The van der Waals surface area contributed by atoms with Crippen LogP contribution in [-0.2, 0) is 0 Å². The fourth-order valence-corrected chi connectivity index (χ4v) is 2.58. The van der Waals surface area contributed by atoms with Crippen LogP contribution in [-0.4, -0.2) is 11.7 Å². The van der Waals surface area contributed by atoms with Crippen LogP contribution in [0.4, 0.5) is 0 Å². The van der Waals surface area contributed by atoms with Gasteiger partial charge in [-0.3, -0.25) is 0 Å². The number of hydrogen-bond donors (Lipinski definition) is 1. The summed E-state index contributed by atoms with van der Waals surface area (Å²) in [5.41, 5.74) is 0.903. The second-order valence-electron chi connectivity index (χ2n) is 4.76. The molecule has 1 fully saturated rings. The minimum atomic E-state index is -0.429. The van der Waals surface area contributed by atoms with E-state index in [2.05, 4.69) is 22.9 Å². The number of aliphatic hydroxyl groups excluding tert-OH is 1. The van der Waals surface area contributed by atoms with Crippen molar-refractivity contribution in [2.75, 3.05) is 6.61 Å². The lowest BCUT2D eigenvalue weighted by atomic mass is 9.93. The minimum absolute atomic E-state index is 0.309. The zero-order valence-corrected chi connectivity index (χ0v) is 11.9. The summed E-state index contributed by atoms with van der Waals surface area (Å²) in [7, 11) is 0. The topological polar surface area (TPSA) is 29.5 Å². The van der Waals surface area contributed by atoms with Crippen molar-refractivity contribution in [3.8, 4) is 5.75 Å². The van der Waals surface area contributed by atoms with E-state index in [0.717, 1.165) is 15.8 Å². The van der Waals surface area contributed by atoms with Gasteiger partial charge in [0.25, 0.3) is 0 Å². The highest BCUT2D eigenvalue weighted by atomic mass is 79.9. The number of benzene rings is 1. The van der Waals surface area contributed by atoms with E-state index in [9.17, 15) is 5.11 Å². The molecule has 1 aliphatic carbocycles. The van der Waals surface area contributed by atoms with Gasteiger partial charge in [-0.1, -0.05) is 22.9 Å². The van der Waals surface area contributed by atoms with Gasteiger partial charge in [0.2, 0.25) is 0 Å². The van der Waals surface area contributed by atoms with E-state index < -0.39 is 6.10 Å². The lowest BCUT2D eigenvalue weighted by molar-refractivity contribution is 0.102. The van der Waals surface area contributed by atoms with Crippen LogP contribution in [0.3, 0.4) is 0 Å². The molecule has 0 spiro atoms. The third-order valence-electron chi connectivity index (χ3n) is 3.45. The molecular weight excluding hydrogens is 280 g/mol. The molecule has 1 aliphatic rings. The van der Waals surface area contributed by atoms with Gasteiger partial charge in [0.15, 0.2) is 0 Å². The second kappa shape index (κ2) is 5.40. The van der Waals surface area contributed by atoms with E-state index in [-0.39, 0.29) is 0 Å². The molecule has 0 radical (unpaired) electrons. The van der Waals surface area contributed by atoms with Crippen LogP contribution in [0.1, 0.15) is 38.4 Å². The molecule has 2 rings (SSSR count). The van der Waals surface area contributed by atoms with Crippen LogP contribution in [0.15, 0.2) is 22.7 Å². The Hall–Kier alpha value is -0.540. The Kier molecular flexibility index (Phi) is 4.10. The number of rotatable bonds is 5. The number of halogens is 1. The van der Waals surface area contributed by atoms with E-state index in [4.69, 9.17) is 4.74 Å². The molecule has 0 aliphatic heterocycles. The van der Waals surface area contributed by atoms with Gasteiger partial charge in [-0.05, 0) is 49.8 Å². The zero-order valence-electron chi connectivity index (χ0n) is 10.3. The molecule has 0 amide bonds. The van der Waals surface area contributed by atoms with Crippen molar-refractivity contribution >= 4 is 15.9 Å².